The molecule has 29 heavy (non-hydrogen) atoms. The number of methoxy groups -OCH3 is 1. The first-order valence-corrected chi connectivity index (χ1v) is 10.8. The van der Waals surface area contributed by atoms with Crippen molar-refractivity contribution in [3.63, 3.8) is 0 Å². The van der Waals surface area contributed by atoms with E-state index in [1.165, 1.54) is 12.1 Å². The van der Waals surface area contributed by atoms with E-state index in [0.717, 1.165) is 56.3 Å². The Balaban J connectivity index is 1.71. The molecule has 1 aliphatic carbocycles. The highest BCUT2D eigenvalue weighted by atomic mass is 19.1. The standard InChI is InChI=1S/C23H31FN2O3/c1-4-14-28-20-9-7-12-23(27-3,16(20)2)26-13-6-5-8-19(26)22-18-11-10-17(24)15-21(18)29-25-22/h7,9-11,15-16,19-20H,4-6,8,12-14H2,1-3H3. The van der Waals surface area contributed by atoms with Crippen LogP contribution in [0.3, 0.4) is 0 Å². The van der Waals surface area contributed by atoms with Gasteiger partial charge in [-0.05, 0) is 31.4 Å². The first-order valence-electron chi connectivity index (χ1n) is 10.8. The van der Waals surface area contributed by atoms with Gasteiger partial charge in [-0.2, -0.15) is 0 Å². The quantitative estimate of drug-likeness (QED) is 0.620. The van der Waals surface area contributed by atoms with Crippen molar-refractivity contribution in [3.05, 3.63) is 41.9 Å². The van der Waals surface area contributed by atoms with Gasteiger partial charge in [-0.3, -0.25) is 4.90 Å². The zero-order valence-corrected chi connectivity index (χ0v) is 17.6. The van der Waals surface area contributed by atoms with E-state index in [2.05, 4.69) is 36.1 Å². The summed E-state index contributed by atoms with van der Waals surface area (Å²) in [6, 6.07) is 4.73. The normalized spacial score (nSPS) is 30.8. The third kappa shape index (κ3) is 3.62. The first kappa shape index (κ1) is 20.5. The summed E-state index contributed by atoms with van der Waals surface area (Å²) in [6.07, 6.45) is 9.38. The fourth-order valence-electron chi connectivity index (χ4n) is 5.04. The van der Waals surface area contributed by atoms with E-state index >= 15 is 0 Å². The summed E-state index contributed by atoms with van der Waals surface area (Å²) in [6.45, 7) is 6.00. The third-order valence-electron chi connectivity index (χ3n) is 6.57. The monoisotopic (exact) mass is 402 g/mol. The highest BCUT2D eigenvalue weighted by molar-refractivity contribution is 5.79. The van der Waals surface area contributed by atoms with E-state index in [0.29, 0.717) is 5.58 Å². The smallest absolute Gasteiger partial charge is 0.170 e. The molecule has 4 rings (SSSR count). The number of hydrogen-bond donors (Lipinski definition) is 0. The van der Waals surface area contributed by atoms with Gasteiger partial charge in [0.15, 0.2) is 5.58 Å². The second-order valence-electron chi connectivity index (χ2n) is 8.22. The Kier molecular flexibility index (Phi) is 6.04. The van der Waals surface area contributed by atoms with Gasteiger partial charge in [0, 0.05) is 44.1 Å². The van der Waals surface area contributed by atoms with Crippen LogP contribution in [0.5, 0.6) is 0 Å². The minimum atomic E-state index is -0.469. The summed E-state index contributed by atoms with van der Waals surface area (Å²) in [5.74, 6) is -0.142. The van der Waals surface area contributed by atoms with Gasteiger partial charge in [-0.1, -0.05) is 37.6 Å². The van der Waals surface area contributed by atoms with Crippen molar-refractivity contribution in [3.8, 4) is 0 Å². The van der Waals surface area contributed by atoms with Crippen LogP contribution in [0.2, 0.25) is 0 Å². The Bertz CT molecular complexity index is 867. The largest absolute Gasteiger partial charge is 0.374 e. The number of ether oxygens (including phenoxy) is 2. The average Bonchev–Trinajstić information content (AvgIpc) is 3.16. The van der Waals surface area contributed by atoms with Crippen molar-refractivity contribution in [2.45, 2.75) is 63.8 Å². The van der Waals surface area contributed by atoms with Crippen LogP contribution in [0, 0.1) is 11.7 Å². The third-order valence-corrected chi connectivity index (χ3v) is 6.57. The highest BCUT2D eigenvalue weighted by Crippen LogP contribution is 2.46. The average molecular weight is 403 g/mol. The summed E-state index contributed by atoms with van der Waals surface area (Å²) in [5, 5.41) is 5.26. The van der Waals surface area contributed by atoms with Crippen LogP contribution < -0.4 is 0 Å². The van der Waals surface area contributed by atoms with Crippen molar-refractivity contribution < 1.29 is 18.4 Å². The zero-order chi connectivity index (χ0) is 20.4. The van der Waals surface area contributed by atoms with E-state index in [9.17, 15) is 4.39 Å². The maximum Gasteiger partial charge on any atom is 0.170 e. The molecule has 0 spiro atoms. The van der Waals surface area contributed by atoms with Crippen molar-refractivity contribution in [1.29, 1.82) is 0 Å². The van der Waals surface area contributed by atoms with Gasteiger partial charge in [-0.15, -0.1) is 0 Å². The molecule has 4 unspecified atom stereocenters. The lowest BCUT2D eigenvalue weighted by Crippen LogP contribution is -2.60. The molecule has 4 atom stereocenters. The van der Waals surface area contributed by atoms with E-state index in [1.54, 1.807) is 13.2 Å². The fraction of sp³-hybridized carbons (Fsp3) is 0.609. The molecule has 1 fully saturated rings. The van der Waals surface area contributed by atoms with E-state index in [-0.39, 0.29) is 23.9 Å². The lowest BCUT2D eigenvalue weighted by molar-refractivity contribution is -0.214. The highest BCUT2D eigenvalue weighted by Gasteiger charge is 2.50. The van der Waals surface area contributed by atoms with Gasteiger partial charge in [0.2, 0.25) is 0 Å². The molecule has 158 valence electrons. The predicted octanol–water partition coefficient (Wildman–Crippen LogP) is 5.23. The topological polar surface area (TPSA) is 47.7 Å². The number of likely N-dealkylation sites (tertiary alicyclic amines) is 1. The molecular formula is C23H31FN2O3. The molecule has 1 aliphatic heterocycles. The van der Waals surface area contributed by atoms with Gasteiger partial charge in [0.25, 0.3) is 0 Å². The predicted molar refractivity (Wildman–Crippen MR) is 110 cm³/mol. The molecule has 2 heterocycles. The molecule has 0 radical (unpaired) electrons. The molecule has 1 aromatic carbocycles. The van der Waals surface area contributed by atoms with E-state index < -0.39 is 5.72 Å². The fourth-order valence-corrected chi connectivity index (χ4v) is 5.04. The Labute approximate surface area is 171 Å². The number of piperidine rings is 1. The molecule has 1 saturated heterocycles. The minimum Gasteiger partial charge on any atom is -0.374 e. The first-order chi connectivity index (χ1) is 14.1. The Morgan fingerprint density at radius 1 is 1.34 bits per heavy atom. The number of nitrogens with zero attached hydrogens (tertiary/aromatic N) is 2. The molecule has 6 heteroatoms. The van der Waals surface area contributed by atoms with Gasteiger partial charge in [-0.25, -0.2) is 4.39 Å². The molecular weight excluding hydrogens is 371 g/mol. The Hall–Kier alpha value is -1.76. The minimum absolute atomic E-state index is 0.0226. The van der Waals surface area contributed by atoms with Gasteiger partial charge >= 0.3 is 0 Å². The maximum atomic E-state index is 13.6. The number of halogens is 1. The van der Waals surface area contributed by atoms with Crippen LogP contribution in [0.4, 0.5) is 4.39 Å². The van der Waals surface area contributed by atoms with Gasteiger partial charge in [0.1, 0.15) is 17.2 Å². The summed E-state index contributed by atoms with van der Waals surface area (Å²) in [4.78, 5) is 2.45. The lowest BCUT2D eigenvalue weighted by Gasteiger charge is -2.53. The SMILES string of the molecule is CCCOC1C=CCC(OC)(N2CCCCC2c2noc3cc(F)ccc23)C1C. The number of fused-ring (bicyclic) bond motifs is 1. The van der Waals surface area contributed by atoms with E-state index in [4.69, 9.17) is 14.0 Å². The second-order valence-corrected chi connectivity index (χ2v) is 8.22. The van der Waals surface area contributed by atoms with Crippen LogP contribution in [0.25, 0.3) is 11.0 Å². The molecule has 0 bridgehead atoms. The van der Waals surface area contributed by atoms with Crippen molar-refractivity contribution in [1.82, 2.24) is 10.1 Å². The number of benzene rings is 1. The molecule has 2 aliphatic rings. The maximum absolute atomic E-state index is 13.6. The summed E-state index contributed by atoms with van der Waals surface area (Å²) in [7, 11) is 1.80. The second kappa shape index (κ2) is 8.54. The number of rotatable bonds is 6. The van der Waals surface area contributed by atoms with Crippen molar-refractivity contribution in [2.75, 3.05) is 20.3 Å². The molecule has 5 nitrogen and oxygen atoms in total. The Morgan fingerprint density at radius 3 is 3.00 bits per heavy atom. The van der Waals surface area contributed by atoms with Crippen molar-refractivity contribution in [2.24, 2.45) is 5.92 Å². The number of aromatic nitrogens is 1. The molecule has 0 saturated carbocycles. The Morgan fingerprint density at radius 2 is 2.21 bits per heavy atom. The zero-order valence-electron chi connectivity index (χ0n) is 17.6. The van der Waals surface area contributed by atoms with Crippen LogP contribution in [-0.4, -0.2) is 42.1 Å². The summed E-state index contributed by atoms with van der Waals surface area (Å²) in [5.41, 5.74) is 0.908. The molecule has 2 aromatic rings. The summed E-state index contributed by atoms with van der Waals surface area (Å²) >= 11 is 0. The molecule has 0 amide bonds. The van der Waals surface area contributed by atoms with Crippen LogP contribution in [0.1, 0.15) is 57.7 Å². The lowest BCUT2D eigenvalue weighted by atomic mass is 9.80. The van der Waals surface area contributed by atoms with Gasteiger partial charge in [0.05, 0.1) is 12.1 Å². The van der Waals surface area contributed by atoms with Crippen LogP contribution >= 0.6 is 0 Å². The van der Waals surface area contributed by atoms with Gasteiger partial charge < -0.3 is 14.0 Å². The van der Waals surface area contributed by atoms with E-state index in [1.807, 2.05) is 0 Å². The van der Waals surface area contributed by atoms with Crippen molar-refractivity contribution >= 4 is 11.0 Å². The number of hydrogen-bond acceptors (Lipinski definition) is 5. The molecule has 1 aromatic heterocycles. The molecule has 0 N–H and O–H groups in total. The van der Waals surface area contributed by atoms with Crippen LogP contribution in [0.15, 0.2) is 34.9 Å². The van der Waals surface area contributed by atoms with Crippen LogP contribution in [-0.2, 0) is 9.47 Å². The summed E-state index contributed by atoms with van der Waals surface area (Å²) < 4.78 is 31.5.